The molecule has 0 unspecified atom stereocenters. The molecule has 3 aromatic carbocycles. The van der Waals surface area contributed by atoms with E-state index in [0.717, 1.165) is 5.46 Å². The number of ether oxygens (including phenoxy) is 1. The number of carbonyl (C=O) groups excluding carboxylic acids is 2. The summed E-state index contributed by atoms with van der Waals surface area (Å²) in [6.07, 6.45) is 0. The van der Waals surface area contributed by atoms with Crippen LogP contribution in [-0.2, 0) is 18.8 Å². The molecule has 6 nitrogen and oxygen atoms in total. The minimum absolute atomic E-state index is 0.148. The van der Waals surface area contributed by atoms with Gasteiger partial charge in [-0.15, -0.1) is 0 Å². The highest BCUT2D eigenvalue weighted by atomic mass is 35.5. The maximum atomic E-state index is 11.6. The van der Waals surface area contributed by atoms with Crippen LogP contribution < -0.4 is 10.8 Å². The van der Waals surface area contributed by atoms with E-state index < -0.39 is 11.9 Å². The average molecular weight is 530 g/mol. The van der Waals surface area contributed by atoms with Crippen LogP contribution in [0, 0.1) is 6.92 Å². The molecule has 9 heteroatoms. The van der Waals surface area contributed by atoms with E-state index in [0.29, 0.717) is 0 Å². The molecule has 0 bridgehead atoms. The lowest BCUT2D eigenvalue weighted by molar-refractivity contribution is -0.139. The summed E-state index contributed by atoms with van der Waals surface area (Å²) in [4.78, 5) is 22.4. The highest BCUT2D eigenvalue weighted by Gasteiger charge is 2.52. The molecule has 1 aliphatic heterocycles. The third kappa shape index (κ3) is 6.04. The van der Waals surface area contributed by atoms with Gasteiger partial charge >= 0.3 is 13.1 Å². The largest absolute Gasteiger partial charge is 0.495 e. The molecular formula is C27H30BCl2NO5. The highest BCUT2D eigenvalue weighted by Crippen LogP contribution is 2.37. The first kappa shape index (κ1) is 28.0. The Kier molecular flexibility index (Phi) is 8.73. The second-order valence-electron chi connectivity index (χ2n) is 9.46. The van der Waals surface area contributed by atoms with Crippen LogP contribution in [0.4, 0.5) is 0 Å². The fourth-order valence-electron chi connectivity index (χ4n) is 3.68. The third-order valence-electron chi connectivity index (χ3n) is 6.49. The van der Waals surface area contributed by atoms with Gasteiger partial charge in [-0.2, -0.15) is 0 Å². The summed E-state index contributed by atoms with van der Waals surface area (Å²) >= 11 is 11.6. The zero-order valence-corrected chi connectivity index (χ0v) is 22.8. The van der Waals surface area contributed by atoms with Gasteiger partial charge in [0.25, 0.3) is 5.91 Å². The number of hydrogen-bond donors (Lipinski definition) is 1. The first-order chi connectivity index (χ1) is 16.9. The van der Waals surface area contributed by atoms with E-state index in [1.807, 2.05) is 0 Å². The molecule has 0 spiro atoms. The van der Waals surface area contributed by atoms with Crippen LogP contribution in [0.3, 0.4) is 0 Å². The Balaban J connectivity index is 0.000000207. The Morgan fingerprint density at radius 3 is 2.00 bits per heavy atom. The van der Waals surface area contributed by atoms with Crippen LogP contribution in [0.25, 0.3) is 10.8 Å². The summed E-state index contributed by atoms with van der Waals surface area (Å²) in [5, 5.41) is 5.29. The number of halogens is 2. The van der Waals surface area contributed by atoms with Crippen molar-refractivity contribution in [2.75, 3.05) is 13.7 Å². The Bertz CT molecular complexity index is 1240. The van der Waals surface area contributed by atoms with Crippen molar-refractivity contribution in [3.63, 3.8) is 0 Å². The van der Waals surface area contributed by atoms with Gasteiger partial charge in [0.2, 0.25) is 0 Å². The quantitative estimate of drug-likeness (QED) is 0.364. The number of rotatable bonds is 4. The maximum absolute atomic E-state index is 11.6. The van der Waals surface area contributed by atoms with Crippen LogP contribution in [0.2, 0.25) is 10.0 Å². The van der Waals surface area contributed by atoms with Gasteiger partial charge in [-0.1, -0.05) is 65.7 Å². The van der Waals surface area contributed by atoms with E-state index in [4.69, 9.17) is 32.5 Å². The van der Waals surface area contributed by atoms with Crippen molar-refractivity contribution in [3.05, 3.63) is 75.8 Å². The van der Waals surface area contributed by atoms with Gasteiger partial charge in [0, 0.05) is 0 Å². The van der Waals surface area contributed by atoms with Gasteiger partial charge in [-0.3, -0.25) is 9.59 Å². The molecular weight excluding hydrogens is 500 g/mol. The lowest BCUT2D eigenvalue weighted by atomic mass is 9.75. The predicted octanol–water partition coefficient (Wildman–Crippen LogP) is 5.34. The first-order valence-electron chi connectivity index (χ1n) is 11.5. The van der Waals surface area contributed by atoms with Crippen molar-refractivity contribution in [3.8, 4) is 0 Å². The van der Waals surface area contributed by atoms with Crippen LogP contribution in [-0.4, -0.2) is 43.9 Å². The lowest BCUT2D eigenvalue weighted by Crippen LogP contribution is -2.41. The molecule has 1 fully saturated rings. The molecule has 0 atom stereocenters. The summed E-state index contributed by atoms with van der Waals surface area (Å²) in [6, 6.07) is 17.4. The van der Waals surface area contributed by atoms with Gasteiger partial charge in [0.1, 0.15) is 6.54 Å². The maximum Gasteiger partial charge on any atom is 0.495 e. The van der Waals surface area contributed by atoms with Crippen molar-refractivity contribution in [1.82, 2.24) is 5.32 Å². The number of esters is 1. The SMILES string of the molecule is COC(=O)CNC(=O)c1c(Cl)cccc1Cl.Cc1ccc(B2OC(C)(C)C(C)(C)O2)c2ccccc12. The van der Waals surface area contributed by atoms with Crippen molar-refractivity contribution in [1.29, 1.82) is 0 Å². The summed E-state index contributed by atoms with van der Waals surface area (Å²) in [5.74, 6) is -1.06. The number of methoxy groups -OCH3 is 1. The second kappa shape index (κ2) is 11.2. The predicted molar refractivity (Wildman–Crippen MR) is 145 cm³/mol. The van der Waals surface area contributed by atoms with Crippen molar-refractivity contribution < 1.29 is 23.6 Å². The Labute approximate surface area is 222 Å². The zero-order valence-electron chi connectivity index (χ0n) is 21.3. The molecule has 1 N–H and O–H groups in total. The normalized spacial score (nSPS) is 15.7. The summed E-state index contributed by atoms with van der Waals surface area (Å²) in [7, 11) is 0.933. The van der Waals surface area contributed by atoms with Gasteiger partial charge in [-0.25, -0.2) is 0 Å². The standard InChI is InChI=1S/C17H21BO2.C10H9Cl2NO3/c1-12-10-11-15(14-9-7-6-8-13(12)14)18-19-16(2,3)17(4,5)20-18;1-16-8(14)5-13-10(15)9-6(11)3-2-4-7(9)12/h6-11H,1-5H3;2-4H,5H2,1H3,(H,13,15). The van der Waals surface area contributed by atoms with E-state index >= 15 is 0 Å². The molecule has 1 saturated heterocycles. The highest BCUT2D eigenvalue weighted by molar-refractivity contribution is 6.65. The molecule has 1 amide bonds. The number of carbonyl (C=O) groups is 2. The van der Waals surface area contributed by atoms with Crippen molar-refractivity contribution in [2.45, 2.75) is 45.8 Å². The number of fused-ring (bicyclic) bond motifs is 1. The molecule has 4 rings (SSSR count). The minimum Gasteiger partial charge on any atom is -0.468 e. The van der Waals surface area contributed by atoms with Gasteiger partial charge in [-0.05, 0) is 68.6 Å². The first-order valence-corrected chi connectivity index (χ1v) is 12.3. The van der Waals surface area contributed by atoms with Crippen molar-refractivity contribution >= 4 is 58.4 Å². The topological polar surface area (TPSA) is 73.9 Å². The monoisotopic (exact) mass is 529 g/mol. The summed E-state index contributed by atoms with van der Waals surface area (Å²) in [5.41, 5.74) is 1.94. The Morgan fingerprint density at radius 2 is 1.44 bits per heavy atom. The van der Waals surface area contributed by atoms with Crippen LogP contribution in [0.1, 0.15) is 43.6 Å². The zero-order chi connectivity index (χ0) is 26.7. The van der Waals surface area contributed by atoms with E-state index in [1.54, 1.807) is 18.2 Å². The number of hydrogen-bond acceptors (Lipinski definition) is 5. The van der Waals surface area contributed by atoms with Crippen LogP contribution >= 0.6 is 23.2 Å². The molecule has 36 heavy (non-hydrogen) atoms. The lowest BCUT2D eigenvalue weighted by Gasteiger charge is -2.32. The van der Waals surface area contributed by atoms with E-state index in [2.05, 4.69) is 81.1 Å². The second-order valence-corrected chi connectivity index (χ2v) is 10.3. The molecule has 190 valence electrons. The van der Waals surface area contributed by atoms with Crippen LogP contribution in [0.5, 0.6) is 0 Å². The molecule has 0 aliphatic carbocycles. The average Bonchev–Trinajstić information content (AvgIpc) is 3.04. The molecule has 1 aliphatic rings. The fraction of sp³-hybridized carbons (Fsp3) is 0.333. The minimum atomic E-state index is -0.545. The number of benzene rings is 3. The smallest absolute Gasteiger partial charge is 0.468 e. The molecule has 0 radical (unpaired) electrons. The van der Waals surface area contributed by atoms with Crippen molar-refractivity contribution in [2.24, 2.45) is 0 Å². The van der Waals surface area contributed by atoms with E-state index in [-0.39, 0.29) is 40.5 Å². The molecule has 0 aromatic heterocycles. The third-order valence-corrected chi connectivity index (χ3v) is 7.12. The van der Waals surface area contributed by atoms with E-state index in [9.17, 15) is 9.59 Å². The number of amides is 1. The summed E-state index contributed by atoms with van der Waals surface area (Å²) in [6.45, 7) is 10.3. The number of aryl methyl sites for hydroxylation is 1. The summed E-state index contributed by atoms with van der Waals surface area (Å²) < 4.78 is 16.7. The Hall–Kier alpha value is -2.58. The Morgan fingerprint density at radius 1 is 0.889 bits per heavy atom. The van der Waals surface area contributed by atoms with Crippen LogP contribution in [0.15, 0.2) is 54.6 Å². The molecule has 0 saturated carbocycles. The molecule has 3 aromatic rings. The van der Waals surface area contributed by atoms with Gasteiger partial charge < -0.3 is 19.4 Å². The van der Waals surface area contributed by atoms with E-state index in [1.165, 1.54) is 23.4 Å². The van der Waals surface area contributed by atoms with Gasteiger partial charge in [0.05, 0.1) is 33.9 Å². The molecule has 1 heterocycles. The van der Waals surface area contributed by atoms with Gasteiger partial charge in [0.15, 0.2) is 0 Å². The number of nitrogens with one attached hydrogen (secondary N) is 1. The fourth-order valence-corrected chi connectivity index (χ4v) is 4.25.